The Kier molecular flexibility index (Phi) is 8.39. The molecule has 9 nitrogen and oxygen atoms in total. The first-order valence-electron chi connectivity index (χ1n) is 12.8. The second-order valence-electron chi connectivity index (χ2n) is 9.68. The average Bonchev–Trinajstić information content (AvgIpc) is 3.24. The lowest BCUT2D eigenvalue weighted by Gasteiger charge is -2.35. The molecule has 3 heterocycles. The lowest BCUT2D eigenvalue weighted by molar-refractivity contribution is 0.194. The second-order valence-corrected chi connectivity index (χ2v) is 9.68. The van der Waals surface area contributed by atoms with E-state index in [0.29, 0.717) is 25.5 Å². The van der Waals surface area contributed by atoms with Gasteiger partial charge < -0.3 is 25.2 Å². The number of nitrogens with one attached hydrogen (secondary N) is 2. The molecule has 1 aliphatic carbocycles. The third-order valence-corrected chi connectivity index (χ3v) is 7.10. The number of likely N-dealkylation sites (tertiary alicyclic amines) is 1. The smallest absolute Gasteiger partial charge is 0.404 e. The van der Waals surface area contributed by atoms with Crippen molar-refractivity contribution in [3.05, 3.63) is 48.3 Å². The number of aryl methyl sites for hydroxylation is 1. The molecule has 3 aromatic rings. The van der Waals surface area contributed by atoms with E-state index in [0.717, 1.165) is 48.2 Å². The van der Waals surface area contributed by atoms with Crippen molar-refractivity contribution in [2.75, 3.05) is 32.0 Å². The van der Waals surface area contributed by atoms with Crippen LogP contribution in [0.2, 0.25) is 0 Å². The molecule has 0 atom stereocenters. The number of rotatable bonds is 7. The summed E-state index contributed by atoms with van der Waals surface area (Å²) in [5.41, 5.74) is 2.29. The number of carbonyl (C=O) groups is 1. The molecule has 0 unspecified atom stereocenters. The molecule has 36 heavy (non-hydrogen) atoms. The molecule has 9 heteroatoms. The summed E-state index contributed by atoms with van der Waals surface area (Å²) in [6.07, 6.45) is 11.0. The van der Waals surface area contributed by atoms with Gasteiger partial charge in [0, 0.05) is 36.6 Å². The normalized spacial score (nSPS) is 16.8. The molecule has 2 fully saturated rings. The van der Waals surface area contributed by atoms with Crippen LogP contribution in [0, 0.1) is 11.3 Å². The topological polar surface area (TPSA) is 119 Å². The number of hydrogen-bond acceptors (Lipinski definition) is 6. The molecule has 0 bridgehead atoms. The number of nitriles is 1. The van der Waals surface area contributed by atoms with Crippen molar-refractivity contribution >= 4 is 28.8 Å². The Labute approximate surface area is 212 Å². The SMILES string of the molecule is C1CCC1.CN1CCC(C#N)(c2ccc(Nc3ncc4ccn(CCCNC(=O)O)c4n3)cc2)CC1. The molecular weight excluding hydrogens is 454 g/mol. The number of piperidine rings is 1. The summed E-state index contributed by atoms with van der Waals surface area (Å²) in [5, 5.41) is 25.1. The highest BCUT2D eigenvalue weighted by molar-refractivity contribution is 5.76. The Bertz CT molecular complexity index is 1180. The lowest BCUT2D eigenvalue weighted by Crippen LogP contribution is -2.39. The molecule has 190 valence electrons. The zero-order valence-corrected chi connectivity index (χ0v) is 20.9. The molecule has 3 N–H and O–H groups in total. The van der Waals surface area contributed by atoms with E-state index < -0.39 is 11.5 Å². The fourth-order valence-electron chi connectivity index (χ4n) is 4.37. The standard InChI is InChI=1S/C23H27N7O2.C4H8/c1-29-13-8-23(16-24,9-14-29)18-3-5-19(6-4-18)27-21-26-15-17-7-12-30(20(17)28-21)11-2-10-25-22(31)32;1-2-4-3-1/h3-7,12,15,25H,2,8-11,13-14H2,1H3,(H,31,32)(H,26,27,28);1-4H2. The fraction of sp³-hybridized carbons (Fsp3) is 0.481. The summed E-state index contributed by atoms with van der Waals surface area (Å²) in [4.78, 5) is 21.9. The van der Waals surface area contributed by atoms with Crippen molar-refractivity contribution in [2.45, 2.75) is 56.9 Å². The quantitative estimate of drug-likeness (QED) is 0.405. The van der Waals surface area contributed by atoms with Gasteiger partial charge in [-0.3, -0.25) is 0 Å². The molecular formula is C27H35N7O2. The Hall–Kier alpha value is -3.64. The Morgan fingerprint density at radius 1 is 1.14 bits per heavy atom. The van der Waals surface area contributed by atoms with Gasteiger partial charge in [0.05, 0.1) is 11.5 Å². The second kappa shape index (κ2) is 11.9. The van der Waals surface area contributed by atoms with Crippen molar-refractivity contribution in [2.24, 2.45) is 0 Å². The number of carboxylic acid groups (broad SMARTS) is 1. The van der Waals surface area contributed by atoms with Crippen molar-refractivity contribution in [1.29, 1.82) is 5.26 Å². The number of fused-ring (bicyclic) bond motifs is 1. The predicted molar refractivity (Wildman–Crippen MR) is 140 cm³/mol. The average molecular weight is 490 g/mol. The van der Waals surface area contributed by atoms with Gasteiger partial charge in [-0.1, -0.05) is 37.8 Å². The van der Waals surface area contributed by atoms with Crippen LogP contribution in [-0.2, 0) is 12.0 Å². The van der Waals surface area contributed by atoms with Crippen LogP contribution in [0.5, 0.6) is 0 Å². The predicted octanol–water partition coefficient (Wildman–Crippen LogP) is 4.88. The Morgan fingerprint density at radius 3 is 2.44 bits per heavy atom. The van der Waals surface area contributed by atoms with E-state index in [9.17, 15) is 10.1 Å². The third kappa shape index (κ3) is 6.32. The largest absolute Gasteiger partial charge is 0.465 e. The van der Waals surface area contributed by atoms with Gasteiger partial charge in [-0.05, 0) is 63.2 Å². The highest BCUT2D eigenvalue weighted by atomic mass is 16.4. The summed E-state index contributed by atoms with van der Waals surface area (Å²) >= 11 is 0. The number of hydrogen-bond donors (Lipinski definition) is 3. The van der Waals surface area contributed by atoms with Gasteiger partial charge >= 0.3 is 6.09 Å². The van der Waals surface area contributed by atoms with E-state index in [-0.39, 0.29) is 0 Å². The first kappa shape index (κ1) is 25.5. The van der Waals surface area contributed by atoms with E-state index in [1.54, 1.807) is 6.20 Å². The summed E-state index contributed by atoms with van der Waals surface area (Å²) in [6, 6.07) is 12.5. The molecule has 1 amide bonds. The van der Waals surface area contributed by atoms with Crippen molar-refractivity contribution in [3.8, 4) is 6.07 Å². The van der Waals surface area contributed by atoms with Gasteiger partial charge in [0.2, 0.25) is 5.95 Å². The number of benzene rings is 1. The molecule has 2 aliphatic rings. The maximum Gasteiger partial charge on any atom is 0.404 e. The molecule has 5 rings (SSSR count). The fourth-order valence-corrected chi connectivity index (χ4v) is 4.37. The Balaban J connectivity index is 0.000000692. The van der Waals surface area contributed by atoms with Gasteiger partial charge in [-0.15, -0.1) is 0 Å². The van der Waals surface area contributed by atoms with Crippen LogP contribution in [-0.4, -0.2) is 57.3 Å². The number of nitrogens with zero attached hydrogens (tertiary/aromatic N) is 5. The molecule has 1 saturated heterocycles. The third-order valence-electron chi connectivity index (χ3n) is 7.10. The van der Waals surface area contributed by atoms with E-state index in [4.69, 9.17) is 5.11 Å². The van der Waals surface area contributed by atoms with Crippen LogP contribution in [0.15, 0.2) is 42.7 Å². The molecule has 0 radical (unpaired) electrons. The van der Waals surface area contributed by atoms with Crippen molar-refractivity contribution in [1.82, 2.24) is 24.8 Å². The Morgan fingerprint density at radius 2 is 1.83 bits per heavy atom. The minimum Gasteiger partial charge on any atom is -0.465 e. The number of aromatic nitrogens is 3. The zero-order chi connectivity index (χ0) is 25.4. The molecule has 1 saturated carbocycles. The maximum atomic E-state index is 10.6. The van der Waals surface area contributed by atoms with Gasteiger partial charge in [0.25, 0.3) is 0 Å². The summed E-state index contributed by atoms with van der Waals surface area (Å²) in [6.45, 7) is 2.89. The summed E-state index contributed by atoms with van der Waals surface area (Å²) < 4.78 is 1.99. The van der Waals surface area contributed by atoms with E-state index in [1.165, 1.54) is 25.7 Å². The van der Waals surface area contributed by atoms with Crippen molar-refractivity contribution in [3.63, 3.8) is 0 Å². The molecule has 0 spiro atoms. The monoisotopic (exact) mass is 489 g/mol. The molecule has 2 aromatic heterocycles. The molecule has 1 aromatic carbocycles. The number of amides is 1. The molecule has 1 aliphatic heterocycles. The van der Waals surface area contributed by atoms with Crippen molar-refractivity contribution < 1.29 is 9.90 Å². The lowest BCUT2D eigenvalue weighted by atomic mass is 9.74. The van der Waals surface area contributed by atoms with Gasteiger partial charge in [-0.2, -0.15) is 10.2 Å². The first-order chi connectivity index (χ1) is 17.5. The van der Waals surface area contributed by atoms with Gasteiger partial charge in [-0.25, -0.2) is 9.78 Å². The maximum absolute atomic E-state index is 10.6. The highest BCUT2D eigenvalue weighted by Crippen LogP contribution is 2.35. The van der Waals surface area contributed by atoms with E-state index in [1.807, 2.05) is 41.1 Å². The summed E-state index contributed by atoms with van der Waals surface area (Å²) in [7, 11) is 2.09. The van der Waals surface area contributed by atoms with Crippen LogP contribution in [0.25, 0.3) is 11.0 Å². The van der Waals surface area contributed by atoms with Crippen LogP contribution in [0.3, 0.4) is 0 Å². The minimum absolute atomic E-state index is 0.387. The van der Waals surface area contributed by atoms with Gasteiger partial charge in [0.15, 0.2) is 0 Å². The van der Waals surface area contributed by atoms with Gasteiger partial charge in [0.1, 0.15) is 5.65 Å². The zero-order valence-electron chi connectivity index (χ0n) is 20.9. The highest BCUT2D eigenvalue weighted by Gasteiger charge is 2.35. The van der Waals surface area contributed by atoms with Crippen LogP contribution in [0.4, 0.5) is 16.4 Å². The first-order valence-corrected chi connectivity index (χ1v) is 12.8. The minimum atomic E-state index is -1.02. The van der Waals surface area contributed by atoms with Crippen LogP contribution < -0.4 is 10.6 Å². The summed E-state index contributed by atoms with van der Waals surface area (Å²) in [5.74, 6) is 0.489. The van der Waals surface area contributed by atoms with Crippen LogP contribution in [0.1, 0.15) is 50.5 Å². The van der Waals surface area contributed by atoms with Crippen LogP contribution >= 0.6 is 0 Å². The van der Waals surface area contributed by atoms with E-state index in [2.05, 4.69) is 38.6 Å². The number of anilines is 2. The van der Waals surface area contributed by atoms with E-state index >= 15 is 0 Å².